The van der Waals surface area contributed by atoms with Crippen LogP contribution in [0.2, 0.25) is 0 Å². The largest absolute Gasteiger partial charge is 0.419 e. The first-order valence-electron chi connectivity index (χ1n) is 8.13. The van der Waals surface area contributed by atoms with Crippen LogP contribution < -0.4 is 11.1 Å². The highest BCUT2D eigenvalue weighted by atomic mass is 32.2. The number of anilines is 2. The van der Waals surface area contributed by atoms with E-state index in [2.05, 4.69) is 20.5 Å². The van der Waals surface area contributed by atoms with Gasteiger partial charge in [-0.3, -0.25) is 9.89 Å². The number of aromatic nitrogens is 3. The molecule has 2 heterocycles. The van der Waals surface area contributed by atoms with Crippen molar-refractivity contribution in [3.8, 4) is 11.5 Å². The zero-order chi connectivity index (χ0) is 19.9. The van der Waals surface area contributed by atoms with Gasteiger partial charge in [-0.25, -0.2) is 13.4 Å². The lowest BCUT2D eigenvalue weighted by Crippen LogP contribution is -2.13. The maximum absolute atomic E-state index is 11.8. The molecule has 0 fully saturated rings. The molecule has 0 spiro atoms. The number of nitrogens with one attached hydrogen (secondary N) is 2. The molecule has 10 heteroatoms. The number of carbonyl (C=O) groups is 1. The normalized spacial score (nSPS) is 11.6. The standard InChI is InChI=1S/C18H15N5O4S/c1-28(25,26)11-7-5-10(6-8-11)21-18-15(16(19)24)22-17(27-18)12-3-2-4-14-13(12)9-20-23-14/h2-9,21H,1H3,(H2,19,24)(H,20,23). The van der Waals surface area contributed by atoms with Crippen LogP contribution in [0.5, 0.6) is 0 Å². The maximum Gasteiger partial charge on any atom is 0.273 e. The Morgan fingerprint density at radius 2 is 1.93 bits per heavy atom. The van der Waals surface area contributed by atoms with Crippen molar-refractivity contribution in [2.45, 2.75) is 4.90 Å². The number of rotatable bonds is 5. The molecule has 1 amide bonds. The Bertz CT molecular complexity index is 1290. The Balaban J connectivity index is 1.73. The monoisotopic (exact) mass is 397 g/mol. The van der Waals surface area contributed by atoms with Crippen LogP contribution in [0, 0.1) is 0 Å². The third-order valence-corrected chi connectivity index (χ3v) is 5.24. The number of oxazole rings is 1. The molecule has 0 aliphatic heterocycles. The number of hydrogen-bond donors (Lipinski definition) is 3. The number of nitrogens with zero attached hydrogens (tertiary/aromatic N) is 2. The summed E-state index contributed by atoms with van der Waals surface area (Å²) in [6.07, 6.45) is 2.76. The molecule has 0 saturated carbocycles. The summed E-state index contributed by atoms with van der Waals surface area (Å²) in [6.45, 7) is 0. The lowest BCUT2D eigenvalue weighted by Gasteiger charge is -2.05. The average Bonchev–Trinajstić information content (AvgIpc) is 3.28. The zero-order valence-corrected chi connectivity index (χ0v) is 15.4. The molecule has 0 aliphatic carbocycles. The fourth-order valence-electron chi connectivity index (χ4n) is 2.76. The summed E-state index contributed by atoms with van der Waals surface area (Å²) < 4.78 is 28.9. The smallest absolute Gasteiger partial charge is 0.273 e. The summed E-state index contributed by atoms with van der Waals surface area (Å²) in [5.41, 5.74) is 7.32. The molecular weight excluding hydrogens is 382 g/mol. The van der Waals surface area contributed by atoms with Crippen LogP contribution >= 0.6 is 0 Å². The van der Waals surface area contributed by atoms with Crippen molar-refractivity contribution in [2.24, 2.45) is 5.73 Å². The molecule has 28 heavy (non-hydrogen) atoms. The number of hydrogen-bond acceptors (Lipinski definition) is 7. The van der Waals surface area contributed by atoms with E-state index in [1.165, 1.54) is 12.1 Å². The number of fused-ring (bicyclic) bond motifs is 1. The number of nitrogens with two attached hydrogens (primary N) is 1. The minimum absolute atomic E-state index is 0.0649. The van der Waals surface area contributed by atoms with Crippen molar-refractivity contribution in [3.05, 3.63) is 54.4 Å². The summed E-state index contributed by atoms with van der Waals surface area (Å²) in [6, 6.07) is 11.5. The van der Waals surface area contributed by atoms with Crippen molar-refractivity contribution < 1.29 is 17.6 Å². The minimum Gasteiger partial charge on any atom is -0.419 e. The second-order valence-electron chi connectivity index (χ2n) is 6.12. The van der Waals surface area contributed by atoms with Gasteiger partial charge in [0.2, 0.25) is 11.8 Å². The summed E-state index contributed by atoms with van der Waals surface area (Å²) in [7, 11) is -3.31. The molecule has 9 nitrogen and oxygen atoms in total. The van der Waals surface area contributed by atoms with Crippen LogP contribution in [-0.2, 0) is 9.84 Å². The van der Waals surface area contributed by atoms with Gasteiger partial charge in [0.25, 0.3) is 5.91 Å². The fraction of sp³-hybridized carbons (Fsp3) is 0.0556. The number of amides is 1. The van der Waals surface area contributed by atoms with Crippen LogP contribution in [0.15, 0.2) is 58.0 Å². The fourth-order valence-corrected chi connectivity index (χ4v) is 3.39. The summed E-state index contributed by atoms with van der Waals surface area (Å²) in [5.74, 6) is -0.490. The molecular formula is C18H15N5O4S. The maximum atomic E-state index is 11.8. The van der Waals surface area contributed by atoms with Crippen molar-refractivity contribution in [1.82, 2.24) is 15.2 Å². The van der Waals surface area contributed by atoms with E-state index in [0.29, 0.717) is 11.3 Å². The second kappa shape index (κ2) is 6.50. The highest BCUT2D eigenvalue weighted by molar-refractivity contribution is 7.90. The quantitative estimate of drug-likeness (QED) is 0.469. The molecule has 0 aliphatic rings. The number of carbonyl (C=O) groups excluding carboxylic acids is 1. The third-order valence-electron chi connectivity index (χ3n) is 4.12. The first kappa shape index (κ1) is 17.7. The molecule has 0 radical (unpaired) electrons. The van der Waals surface area contributed by atoms with Crippen LogP contribution in [0.3, 0.4) is 0 Å². The molecule has 4 N–H and O–H groups in total. The molecule has 2 aromatic carbocycles. The van der Waals surface area contributed by atoms with E-state index >= 15 is 0 Å². The second-order valence-corrected chi connectivity index (χ2v) is 8.14. The molecule has 0 saturated heterocycles. The minimum atomic E-state index is -3.31. The van der Waals surface area contributed by atoms with Gasteiger partial charge in [0.15, 0.2) is 15.5 Å². The Hall–Kier alpha value is -3.66. The SMILES string of the molecule is CS(=O)(=O)c1ccc(Nc2oc(-c3cccc4[nH]ncc34)nc2C(N)=O)cc1. The molecule has 0 bridgehead atoms. The highest BCUT2D eigenvalue weighted by Crippen LogP contribution is 2.32. The van der Waals surface area contributed by atoms with E-state index in [9.17, 15) is 13.2 Å². The van der Waals surface area contributed by atoms with Crippen molar-refractivity contribution in [1.29, 1.82) is 0 Å². The Morgan fingerprint density at radius 3 is 2.61 bits per heavy atom. The van der Waals surface area contributed by atoms with Crippen LogP contribution in [0.4, 0.5) is 11.6 Å². The first-order chi connectivity index (χ1) is 13.3. The number of H-pyrrole nitrogens is 1. The van der Waals surface area contributed by atoms with Crippen LogP contribution in [0.25, 0.3) is 22.4 Å². The van der Waals surface area contributed by atoms with Gasteiger partial charge >= 0.3 is 0 Å². The number of sulfone groups is 1. The molecule has 0 unspecified atom stereocenters. The van der Waals surface area contributed by atoms with E-state index < -0.39 is 15.7 Å². The van der Waals surface area contributed by atoms with Gasteiger partial charge in [-0.05, 0) is 36.4 Å². The van der Waals surface area contributed by atoms with Gasteiger partial charge in [-0.1, -0.05) is 6.07 Å². The van der Waals surface area contributed by atoms with Gasteiger partial charge in [0.1, 0.15) is 0 Å². The highest BCUT2D eigenvalue weighted by Gasteiger charge is 2.21. The lowest BCUT2D eigenvalue weighted by molar-refractivity contribution is 0.0996. The van der Waals surface area contributed by atoms with Crippen molar-refractivity contribution in [2.75, 3.05) is 11.6 Å². The molecule has 0 atom stereocenters. The number of benzene rings is 2. The Morgan fingerprint density at radius 1 is 1.18 bits per heavy atom. The van der Waals surface area contributed by atoms with E-state index in [1.54, 1.807) is 30.5 Å². The predicted molar refractivity (Wildman–Crippen MR) is 103 cm³/mol. The summed E-state index contributed by atoms with van der Waals surface area (Å²) >= 11 is 0. The van der Waals surface area contributed by atoms with E-state index in [0.717, 1.165) is 17.2 Å². The molecule has 2 aromatic heterocycles. The van der Waals surface area contributed by atoms with Crippen LogP contribution in [-0.4, -0.2) is 35.8 Å². The van der Waals surface area contributed by atoms with E-state index in [-0.39, 0.29) is 22.4 Å². The predicted octanol–water partition coefficient (Wildman–Crippen LogP) is 2.46. The lowest BCUT2D eigenvalue weighted by atomic mass is 10.1. The van der Waals surface area contributed by atoms with Gasteiger partial charge < -0.3 is 15.5 Å². The Labute approximate surface area is 159 Å². The summed E-state index contributed by atoms with van der Waals surface area (Å²) in [4.78, 5) is 16.2. The van der Waals surface area contributed by atoms with Gasteiger partial charge in [-0.2, -0.15) is 5.10 Å². The zero-order valence-electron chi connectivity index (χ0n) is 14.6. The Kier molecular flexibility index (Phi) is 4.12. The van der Waals surface area contributed by atoms with Gasteiger partial charge in [0.05, 0.1) is 16.6 Å². The van der Waals surface area contributed by atoms with Gasteiger partial charge in [0, 0.05) is 22.9 Å². The van der Waals surface area contributed by atoms with Crippen molar-refractivity contribution in [3.63, 3.8) is 0 Å². The number of aromatic amines is 1. The first-order valence-corrected chi connectivity index (χ1v) is 10.0. The van der Waals surface area contributed by atoms with E-state index in [1.807, 2.05) is 6.07 Å². The van der Waals surface area contributed by atoms with Crippen molar-refractivity contribution >= 4 is 38.2 Å². The molecule has 4 rings (SSSR count). The summed E-state index contributed by atoms with van der Waals surface area (Å²) in [5, 5.41) is 10.5. The average molecular weight is 397 g/mol. The van der Waals surface area contributed by atoms with E-state index in [4.69, 9.17) is 10.2 Å². The van der Waals surface area contributed by atoms with Gasteiger partial charge in [-0.15, -0.1) is 0 Å². The molecule has 142 valence electrons. The third kappa shape index (κ3) is 3.21. The number of primary amides is 1. The molecule has 4 aromatic rings. The topological polar surface area (TPSA) is 144 Å². The van der Waals surface area contributed by atoms with Crippen LogP contribution in [0.1, 0.15) is 10.5 Å².